The minimum atomic E-state index is -0.175. The van der Waals surface area contributed by atoms with Gasteiger partial charge in [-0.25, -0.2) is 0 Å². The summed E-state index contributed by atoms with van der Waals surface area (Å²) in [6.45, 7) is 5.14. The third-order valence-corrected chi connectivity index (χ3v) is 3.38. The molecule has 2 heteroatoms. The molecule has 88 valence electrons. The highest BCUT2D eigenvalue weighted by molar-refractivity contribution is 5.28. The molecule has 1 aliphatic heterocycles. The second-order valence-corrected chi connectivity index (χ2v) is 4.75. The average Bonchev–Trinajstić information content (AvgIpc) is 2.49. The summed E-state index contributed by atoms with van der Waals surface area (Å²) in [5.74, 6) is 0. The maximum Gasteiger partial charge on any atom is 0.0524 e. The highest BCUT2D eigenvalue weighted by Crippen LogP contribution is 2.15. The first kappa shape index (κ1) is 11.6. The molecule has 0 aromatic heterocycles. The minimum absolute atomic E-state index is 0.175. The van der Waals surface area contributed by atoms with Crippen LogP contribution in [0.2, 0.25) is 0 Å². The van der Waals surface area contributed by atoms with E-state index < -0.39 is 0 Å². The zero-order valence-electron chi connectivity index (χ0n) is 10.0. The fourth-order valence-electron chi connectivity index (χ4n) is 2.31. The molecule has 1 N–H and O–H groups in total. The zero-order chi connectivity index (χ0) is 11.4. The van der Waals surface area contributed by atoms with Gasteiger partial charge in [0, 0.05) is 19.6 Å². The third-order valence-electron chi connectivity index (χ3n) is 3.38. The van der Waals surface area contributed by atoms with Crippen LogP contribution in [0, 0.1) is 0 Å². The van der Waals surface area contributed by atoms with Gasteiger partial charge in [0.25, 0.3) is 0 Å². The van der Waals surface area contributed by atoms with E-state index in [1.54, 1.807) is 0 Å². The lowest BCUT2D eigenvalue weighted by Crippen LogP contribution is -2.29. The molecule has 0 saturated heterocycles. The Hall–Kier alpha value is -0.860. The van der Waals surface area contributed by atoms with Crippen LogP contribution in [0.15, 0.2) is 24.3 Å². The molecule has 1 aromatic carbocycles. The first-order valence-electron chi connectivity index (χ1n) is 6.23. The predicted molar refractivity (Wildman–Crippen MR) is 66.6 cm³/mol. The second kappa shape index (κ2) is 5.46. The number of nitrogens with zero attached hydrogens (tertiary/aromatic N) is 1. The number of hydrogen-bond acceptors (Lipinski definition) is 2. The normalized spacial score (nSPS) is 18.9. The molecule has 0 bridgehead atoms. The lowest BCUT2D eigenvalue weighted by Gasteiger charge is -2.20. The fourth-order valence-corrected chi connectivity index (χ4v) is 2.31. The Morgan fingerprint density at radius 3 is 2.25 bits per heavy atom. The van der Waals surface area contributed by atoms with Crippen molar-refractivity contribution in [3.63, 3.8) is 0 Å². The molecule has 1 heterocycles. The molecule has 1 unspecified atom stereocenters. The molecule has 1 aromatic rings. The van der Waals surface area contributed by atoms with E-state index in [1.165, 1.54) is 11.1 Å². The summed E-state index contributed by atoms with van der Waals surface area (Å²) in [5.41, 5.74) is 3.00. The molecule has 0 fully saturated rings. The molecule has 0 saturated carbocycles. The van der Waals surface area contributed by atoms with Gasteiger partial charge in [0.05, 0.1) is 6.10 Å². The summed E-state index contributed by atoms with van der Waals surface area (Å²) in [6, 6.07) is 8.75. The van der Waals surface area contributed by atoms with Crippen LogP contribution in [0.3, 0.4) is 0 Å². The monoisotopic (exact) mass is 219 g/mol. The maximum atomic E-state index is 9.30. The number of benzene rings is 1. The van der Waals surface area contributed by atoms with Crippen LogP contribution in [0.25, 0.3) is 0 Å². The van der Waals surface area contributed by atoms with Crippen LogP contribution in [-0.4, -0.2) is 35.7 Å². The molecule has 1 atom stereocenters. The van der Waals surface area contributed by atoms with E-state index in [4.69, 9.17) is 0 Å². The summed E-state index contributed by atoms with van der Waals surface area (Å²) >= 11 is 0. The third kappa shape index (κ3) is 3.06. The van der Waals surface area contributed by atoms with E-state index in [0.717, 1.165) is 38.9 Å². The number of aliphatic hydroxyl groups is 1. The van der Waals surface area contributed by atoms with Crippen molar-refractivity contribution in [3.05, 3.63) is 35.4 Å². The molecule has 16 heavy (non-hydrogen) atoms. The van der Waals surface area contributed by atoms with Crippen molar-refractivity contribution in [2.24, 2.45) is 0 Å². The second-order valence-electron chi connectivity index (χ2n) is 4.75. The van der Waals surface area contributed by atoms with Gasteiger partial charge in [-0.05, 0) is 37.3 Å². The van der Waals surface area contributed by atoms with Crippen LogP contribution in [-0.2, 0) is 12.8 Å². The molecular weight excluding hydrogens is 198 g/mol. The Bertz CT molecular complexity index is 308. The van der Waals surface area contributed by atoms with Gasteiger partial charge in [-0.15, -0.1) is 0 Å². The van der Waals surface area contributed by atoms with Gasteiger partial charge in [0.15, 0.2) is 0 Å². The van der Waals surface area contributed by atoms with E-state index in [9.17, 15) is 5.11 Å². The Morgan fingerprint density at radius 1 is 1.19 bits per heavy atom. The van der Waals surface area contributed by atoms with Crippen LogP contribution >= 0.6 is 0 Å². The molecule has 0 amide bonds. The van der Waals surface area contributed by atoms with Gasteiger partial charge < -0.3 is 10.0 Å². The first-order valence-corrected chi connectivity index (χ1v) is 6.23. The van der Waals surface area contributed by atoms with E-state index in [0.29, 0.717) is 0 Å². The lowest BCUT2D eigenvalue weighted by molar-refractivity contribution is 0.158. The highest BCUT2D eigenvalue weighted by atomic mass is 16.3. The van der Waals surface area contributed by atoms with Gasteiger partial charge in [0.2, 0.25) is 0 Å². The fraction of sp³-hybridized carbons (Fsp3) is 0.571. The summed E-state index contributed by atoms with van der Waals surface area (Å²) in [4.78, 5) is 2.46. The largest absolute Gasteiger partial charge is 0.393 e. The van der Waals surface area contributed by atoms with Crippen LogP contribution in [0.5, 0.6) is 0 Å². The van der Waals surface area contributed by atoms with E-state index >= 15 is 0 Å². The van der Waals surface area contributed by atoms with Crippen molar-refractivity contribution >= 4 is 0 Å². The van der Waals surface area contributed by atoms with Crippen LogP contribution in [0.1, 0.15) is 24.5 Å². The highest BCUT2D eigenvalue weighted by Gasteiger charge is 2.13. The maximum absolute atomic E-state index is 9.30. The van der Waals surface area contributed by atoms with E-state index in [-0.39, 0.29) is 6.10 Å². The van der Waals surface area contributed by atoms with Crippen molar-refractivity contribution in [2.45, 2.75) is 32.3 Å². The van der Waals surface area contributed by atoms with Crippen molar-refractivity contribution in [3.8, 4) is 0 Å². The van der Waals surface area contributed by atoms with Gasteiger partial charge in [-0.3, -0.25) is 0 Å². The summed E-state index contributed by atoms with van der Waals surface area (Å²) in [5, 5.41) is 9.30. The quantitative estimate of drug-likeness (QED) is 0.838. The van der Waals surface area contributed by atoms with Crippen molar-refractivity contribution < 1.29 is 5.11 Å². The zero-order valence-corrected chi connectivity index (χ0v) is 10.0. The molecule has 1 aliphatic rings. The predicted octanol–water partition coefficient (Wildman–Crippen LogP) is 1.86. The molecule has 0 radical (unpaired) electrons. The SMILES string of the molecule is CC(O)CCN1CCc2ccccc2CC1. The standard InChI is InChI=1S/C14H21NO/c1-12(16)6-9-15-10-7-13-4-2-3-5-14(13)8-11-15/h2-5,12,16H,6-11H2,1H3. The van der Waals surface area contributed by atoms with Crippen molar-refractivity contribution in [2.75, 3.05) is 19.6 Å². The number of rotatable bonds is 3. The molecule has 0 spiro atoms. The molecule has 2 rings (SSSR count). The van der Waals surface area contributed by atoms with E-state index in [2.05, 4.69) is 29.2 Å². The molecular formula is C14H21NO. The topological polar surface area (TPSA) is 23.5 Å². The molecule has 0 aliphatic carbocycles. The number of fused-ring (bicyclic) bond motifs is 1. The summed E-state index contributed by atoms with van der Waals surface area (Å²) in [7, 11) is 0. The summed E-state index contributed by atoms with van der Waals surface area (Å²) in [6.07, 6.45) is 3.01. The van der Waals surface area contributed by atoms with Gasteiger partial charge in [-0.2, -0.15) is 0 Å². The van der Waals surface area contributed by atoms with E-state index in [1.807, 2.05) is 6.92 Å². The summed E-state index contributed by atoms with van der Waals surface area (Å²) < 4.78 is 0. The van der Waals surface area contributed by atoms with Crippen LogP contribution < -0.4 is 0 Å². The van der Waals surface area contributed by atoms with Gasteiger partial charge in [0.1, 0.15) is 0 Å². The number of aliphatic hydroxyl groups excluding tert-OH is 1. The molecule has 2 nitrogen and oxygen atoms in total. The Morgan fingerprint density at radius 2 is 1.75 bits per heavy atom. The minimum Gasteiger partial charge on any atom is -0.393 e. The smallest absolute Gasteiger partial charge is 0.0524 e. The van der Waals surface area contributed by atoms with Crippen molar-refractivity contribution in [1.82, 2.24) is 4.90 Å². The Balaban J connectivity index is 1.92. The first-order chi connectivity index (χ1) is 7.75. The average molecular weight is 219 g/mol. The van der Waals surface area contributed by atoms with Crippen LogP contribution in [0.4, 0.5) is 0 Å². The Kier molecular flexibility index (Phi) is 3.97. The number of hydrogen-bond donors (Lipinski definition) is 1. The van der Waals surface area contributed by atoms with Crippen molar-refractivity contribution in [1.29, 1.82) is 0 Å². The van der Waals surface area contributed by atoms with Gasteiger partial charge in [-0.1, -0.05) is 24.3 Å². The Labute approximate surface area is 97.9 Å². The van der Waals surface area contributed by atoms with Gasteiger partial charge >= 0.3 is 0 Å². The lowest BCUT2D eigenvalue weighted by atomic mass is 10.0.